The number of rotatable bonds is 23. The Balaban J connectivity index is 0. The minimum absolute atomic E-state index is 0. The van der Waals surface area contributed by atoms with Crippen molar-refractivity contribution in [3.63, 3.8) is 0 Å². The van der Waals surface area contributed by atoms with E-state index in [0.29, 0.717) is 5.38 Å². The lowest BCUT2D eigenvalue weighted by Crippen LogP contribution is -3.00. The molecule has 0 aliphatic rings. The molecule has 0 heterocycles. The second-order valence-corrected chi connectivity index (χ2v) is 11.1. The summed E-state index contributed by atoms with van der Waals surface area (Å²) in [5.74, 6) is 0. The molecule has 0 fully saturated rings. The number of quaternary nitrogens is 1. The smallest absolute Gasteiger partial charge is 0.104 e. The van der Waals surface area contributed by atoms with Gasteiger partial charge in [-0.15, -0.1) is 11.6 Å². The number of nitrogens with zero attached hydrogens (tertiary/aromatic N) is 1. The van der Waals surface area contributed by atoms with E-state index in [9.17, 15) is 5.11 Å². The van der Waals surface area contributed by atoms with Crippen LogP contribution in [0.15, 0.2) is 0 Å². The highest BCUT2D eigenvalue weighted by molar-refractivity contribution is 6.20. The number of halogens is 2. The van der Waals surface area contributed by atoms with Crippen LogP contribution in [-0.2, 0) is 0 Å². The first-order chi connectivity index (χ1) is 14.4. The molecular weight excluding hydrogens is 425 g/mol. The number of aliphatic hydroxyl groups is 1. The number of unbranched alkanes of at least 4 members (excludes halogenated alkanes) is 16. The molecule has 190 valence electrons. The summed E-state index contributed by atoms with van der Waals surface area (Å²) in [6.07, 6.45) is 26.1. The molecule has 0 rings (SSSR count). The number of aliphatic hydroxyl groups excluding tert-OH is 1. The Kier molecular flexibility index (Phi) is 25.7. The zero-order chi connectivity index (χ0) is 22.5. The molecule has 0 aliphatic carbocycles. The maximum Gasteiger partial charge on any atom is 0.104 e. The van der Waals surface area contributed by atoms with Gasteiger partial charge in [0.05, 0.1) is 20.6 Å². The number of hydrogen-bond donors (Lipinski definition) is 1. The number of hydrogen-bond acceptors (Lipinski definition) is 1. The van der Waals surface area contributed by atoms with Crippen molar-refractivity contribution in [3.8, 4) is 0 Å². The van der Waals surface area contributed by atoms with Crippen LogP contribution in [0.1, 0.15) is 136 Å². The second kappa shape index (κ2) is 23.7. The predicted molar refractivity (Wildman–Crippen MR) is 137 cm³/mol. The Hall–Kier alpha value is 0.500. The molecule has 0 aromatic heterocycles. The maximum absolute atomic E-state index is 9.57. The van der Waals surface area contributed by atoms with Crippen LogP contribution >= 0.6 is 11.6 Å². The Morgan fingerprint density at radius 3 is 1.35 bits per heavy atom. The Bertz CT molecular complexity index is 350. The standard InChI is InChI=1S/C27H57ClNO.ClH/c1-5-6-7-8-9-10-11-12-13-14-15-16-17-18-19-20-21-22-27(28)23-24-29(3,4)25-26(2)30;/h26-27,30H,5-25H2,1-4H3;1H/q+1;/p-1. The predicted octanol–water partition coefficient (Wildman–Crippen LogP) is 5.49. The molecule has 2 unspecified atom stereocenters. The average Bonchev–Trinajstić information content (AvgIpc) is 2.68. The van der Waals surface area contributed by atoms with Gasteiger partial charge in [-0.25, -0.2) is 0 Å². The van der Waals surface area contributed by atoms with Gasteiger partial charge in [0.15, 0.2) is 0 Å². The minimum atomic E-state index is -0.237. The molecule has 0 saturated carbocycles. The minimum Gasteiger partial charge on any atom is -1.00 e. The van der Waals surface area contributed by atoms with Crippen LogP contribution in [0.4, 0.5) is 0 Å². The highest BCUT2D eigenvalue weighted by Gasteiger charge is 2.19. The summed E-state index contributed by atoms with van der Waals surface area (Å²) in [7, 11) is 4.37. The molecule has 2 nitrogen and oxygen atoms in total. The summed E-state index contributed by atoms with van der Waals surface area (Å²) >= 11 is 6.52. The first-order valence-electron chi connectivity index (χ1n) is 13.5. The van der Waals surface area contributed by atoms with E-state index in [-0.39, 0.29) is 18.5 Å². The van der Waals surface area contributed by atoms with Crippen molar-refractivity contribution in [1.29, 1.82) is 0 Å². The largest absolute Gasteiger partial charge is 1.00 e. The fourth-order valence-corrected chi connectivity index (χ4v) is 4.78. The van der Waals surface area contributed by atoms with Gasteiger partial charge >= 0.3 is 0 Å². The number of likely N-dealkylation sites (N-methyl/N-ethyl adjacent to an activating group) is 1. The van der Waals surface area contributed by atoms with E-state index < -0.39 is 0 Å². The third kappa shape index (κ3) is 26.6. The first kappa shape index (κ1) is 33.7. The molecule has 0 amide bonds. The average molecular weight is 483 g/mol. The molecular formula is C27H57Cl2NO. The molecule has 1 N–H and O–H groups in total. The summed E-state index contributed by atoms with van der Waals surface area (Å²) in [5, 5.41) is 9.87. The van der Waals surface area contributed by atoms with Crippen molar-refractivity contribution in [2.24, 2.45) is 0 Å². The van der Waals surface area contributed by atoms with Crippen molar-refractivity contribution in [1.82, 2.24) is 0 Å². The molecule has 2 atom stereocenters. The second-order valence-electron chi connectivity index (χ2n) is 10.5. The van der Waals surface area contributed by atoms with E-state index in [1.165, 1.54) is 109 Å². The SMILES string of the molecule is CCCCCCCCCCCCCCCCCCCC(Cl)CC[N+](C)(C)CC(C)O.[Cl-]. The van der Waals surface area contributed by atoms with Gasteiger partial charge in [-0.3, -0.25) is 0 Å². The van der Waals surface area contributed by atoms with Crippen molar-refractivity contribution in [3.05, 3.63) is 0 Å². The van der Waals surface area contributed by atoms with E-state index in [2.05, 4.69) is 21.0 Å². The van der Waals surface area contributed by atoms with Crippen molar-refractivity contribution in [2.45, 2.75) is 147 Å². The van der Waals surface area contributed by atoms with Crippen LogP contribution in [0.3, 0.4) is 0 Å². The first-order valence-corrected chi connectivity index (χ1v) is 13.9. The van der Waals surface area contributed by atoms with Crippen LogP contribution in [0.25, 0.3) is 0 Å². The summed E-state index contributed by atoms with van der Waals surface area (Å²) in [6, 6.07) is 0. The van der Waals surface area contributed by atoms with E-state index in [1.807, 2.05) is 6.92 Å². The topological polar surface area (TPSA) is 20.2 Å². The molecule has 4 heteroatoms. The zero-order valence-electron chi connectivity index (χ0n) is 21.7. The summed E-state index contributed by atoms with van der Waals surface area (Å²) in [4.78, 5) is 0. The van der Waals surface area contributed by atoms with Gasteiger partial charge < -0.3 is 22.0 Å². The van der Waals surface area contributed by atoms with Crippen LogP contribution in [0.5, 0.6) is 0 Å². The highest BCUT2D eigenvalue weighted by atomic mass is 35.5. The van der Waals surface area contributed by atoms with E-state index in [0.717, 1.165) is 30.4 Å². The van der Waals surface area contributed by atoms with Crippen molar-refractivity contribution < 1.29 is 22.0 Å². The van der Waals surface area contributed by atoms with Gasteiger partial charge in [-0.1, -0.05) is 116 Å². The van der Waals surface area contributed by atoms with Gasteiger partial charge in [-0.2, -0.15) is 0 Å². The van der Waals surface area contributed by atoms with E-state index in [4.69, 9.17) is 11.6 Å². The molecule has 0 bridgehead atoms. The molecule has 0 radical (unpaired) electrons. The highest BCUT2D eigenvalue weighted by Crippen LogP contribution is 2.17. The van der Waals surface area contributed by atoms with E-state index in [1.54, 1.807) is 0 Å². The normalized spacial score (nSPS) is 13.7. The Labute approximate surface area is 207 Å². The fourth-order valence-electron chi connectivity index (χ4n) is 4.53. The fraction of sp³-hybridized carbons (Fsp3) is 1.00. The van der Waals surface area contributed by atoms with Crippen LogP contribution in [0, 0.1) is 0 Å². The molecule has 0 aromatic carbocycles. The zero-order valence-corrected chi connectivity index (χ0v) is 23.2. The lowest BCUT2D eigenvalue weighted by molar-refractivity contribution is -0.893. The number of alkyl halides is 1. The lowest BCUT2D eigenvalue weighted by Gasteiger charge is -2.31. The molecule has 31 heavy (non-hydrogen) atoms. The maximum atomic E-state index is 9.57. The van der Waals surface area contributed by atoms with Crippen LogP contribution in [0.2, 0.25) is 0 Å². The van der Waals surface area contributed by atoms with Gasteiger partial charge in [0, 0.05) is 11.8 Å². The van der Waals surface area contributed by atoms with Gasteiger partial charge in [0.25, 0.3) is 0 Å². The summed E-state index contributed by atoms with van der Waals surface area (Å²) in [6.45, 7) is 6.03. The summed E-state index contributed by atoms with van der Waals surface area (Å²) < 4.78 is 0.861. The third-order valence-corrected chi connectivity index (χ3v) is 6.86. The lowest BCUT2D eigenvalue weighted by atomic mass is 10.0. The Morgan fingerprint density at radius 2 is 1.00 bits per heavy atom. The van der Waals surface area contributed by atoms with Gasteiger partial charge in [0.1, 0.15) is 12.6 Å². The third-order valence-electron chi connectivity index (χ3n) is 6.43. The quantitative estimate of drug-likeness (QED) is 0.116. The monoisotopic (exact) mass is 481 g/mol. The Morgan fingerprint density at radius 1 is 0.645 bits per heavy atom. The molecule has 0 spiro atoms. The van der Waals surface area contributed by atoms with Crippen molar-refractivity contribution in [2.75, 3.05) is 27.2 Å². The molecule has 0 aromatic rings. The van der Waals surface area contributed by atoms with Crippen LogP contribution in [-0.4, -0.2) is 48.3 Å². The van der Waals surface area contributed by atoms with Gasteiger partial charge in [-0.05, 0) is 13.3 Å². The molecule has 0 saturated heterocycles. The van der Waals surface area contributed by atoms with Gasteiger partial charge in [0.2, 0.25) is 0 Å². The summed E-state index contributed by atoms with van der Waals surface area (Å²) in [5.41, 5.74) is 0. The van der Waals surface area contributed by atoms with Crippen molar-refractivity contribution >= 4 is 11.6 Å². The molecule has 0 aliphatic heterocycles. The van der Waals surface area contributed by atoms with E-state index >= 15 is 0 Å². The van der Waals surface area contributed by atoms with Crippen LogP contribution < -0.4 is 12.4 Å².